The molecule has 0 bridgehead atoms. The van der Waals surface area contributed by atoms with Crippen molar-refractivity contribution in [2.45, 2.75) is 46.7 Å². The van der Waals surface area contributed by atoms with Crippen molar-refractivity contribution in [3.63, 3.8) is 0 Å². The van der Waals surface area contributed by atoms with E-state index >= 15 is 0 Å². The molecule has 2 aromatic heterocycles. The first kappa shape index (κ1) is 15.1. The van der Waals surface area contributed by atoms with E-state index in [2.05, 4.69) is 44.1 Å². The molecule has 0 aliphatic rings. The third kappa shape index (κ3) is 4.12. The summed E-state index contributed by atoms with van der Waals surface area (Å²) in [6.45, 7) is 9.72. The van der Waals surface area contributed by atoms with Crippen LogP contribution in [0.25, 0.3) is 10.6 Å². The van der Waals surface area contributed by atoms with Crippen LogP contribution in [0.4, 0.5) is 0 Å². The first-order valence-electron chi connectivity index (χ1n) is 7.18. The van der Waals surface area contributed by atoms with E-state index in [9.17, 15) is 0 Å². The molecule has 108 valence electrons. The Balaban J connectivity index is 2.26. The molecule has 2 aromatic rings. The molecule has 2 rings (SSSR count). The number of nitrogens with one attached hydrogen (secondary N) is 1. The van der Waals surface area contributed by atoms with Crippen LogP contribution in [0.2, 0.25) is 0 Å². The van der Waals surface area contributed by atoms with E-state index < -0.39 is 0 Å². The minimum absolute atomic E-state index is 0.492. The van der Waals surface area contributed by atoms with Crippen LogP contribution in [0.3, 0.4) is 0 Å². The second kappa shape index (κ2) is 6.95. The normalized spacial score (nSPS) is 11.5. The van der Waals surface area contributed by atoms with E-state index in [0.29, 0.717) is 12.0 Å². The van der Waals surface area contributed by atoms with Crippen LogP contribution < -0.4 is 5.32 Å². The van der Waals surface area contributed by atoms with Gasteiger partial charge in [0.05, 0.1) is 5.69 Å². The van der Waals surface area contributed by atoms with Gasteiger partial charge in [0, 0.05) is 35.4 Å². The first-order chi connectivity index (χ1) is 9.56. The molecule has 0 aromatic carbocycles. The monoisotopic (exact) mass is 289 g/mol. The van der Waals surface area contributed by atoms with Crippen LogP contribution in [0.1, 0.15) is 38.3 Å². The molecule has 0 saturated carbocycles. The molecule has 0 fully saturated rings. The van der Waals surface area contributed by atoms with Gasteiger partial charge in [0.1, 0.15) is 5.01 Å². The topological polar surface area (TPSA) is 37.8 Å². The van der Waals surface area contributed by atoms with Gasteiger partial charge in [-0.2, -0.15) is 0 Å². The molecule has 0 aliphatic heterocycles. The van der Waals surface area contributed by atoms with Crippen LogP contribution >= 0.6 is 11.3 Å². The Morgan fingerprint density at radius 2 is 2.05 bits per heavy atom. The van der Waals surface area contributed by atoms with Gasteiger partial charge in [0.25, 0.3) is 0 Å². The van der Waals surface area contributed by atoms with Gasteiger partial charge in [0.2, 0.25) is 0 Å². The van der Waals surface area contributed by atoms with Gasteiger partial charge < -0.3 is 5.32 Å². The molecule has 0 atom stereocenters. The Bertz CT molecular complexity index is 532. The van der Waals surface area contributed by atoms with Crippen LogP contribution in [-0.2, 0) is 13.0 Å². The Kier molecular flexibility index (Phi) is 5.26. The van der Waals surface area contributed by atoms with Crippen LogP contribution in [0, 0.1) is 5.92 Å². The summed E-state index contributed by atoms with van der Waals surface area (Å²) in [5.74, 6) is 0.622. The van der Waals surface area contributed by atoms with E-state index in [4.69, 9.17) is 4.98 Å². The highest BCUT2D eigenvalue weighted by Crippen LogP contribution is 2.29. The number of hydrogen-bond acceptors (Lipinski definition) is 4. The largest absolute Gasteiger partial charge is 0.310 e. The quantitative estimate of drug-likeness (QED) is 0.876. The second-order valence-corrected chi connectivity index (χ2v) is 6.85. The molecule has 20 heavy (non-hydrogen) atoms. The number of aromatic nitrogens is 2. The predicted octanol–water partition coefficient (Wildman–Crippen LogP) is 3.90. The zero-order chi connectivity index (χ0) is 14.5. The molecule has 2 heterocycles. The van der Waals surface area contributed by atoms with Gasteiger partial charge in [-0.15, -0.1) is 11.3 Å². The highest BCUT2D eigenvalue weighted by molar-refractivity contribution is 7.15. The fourth-order valence-electron chi connectivity index (χ4n) is 1.98. The maximum Gasteiger partial charge on any atom is 0.125 e. The van der Waals surface area contributed by atoms with Crippen molar-refractivity contribution in [3.05, 3.63) is 35.1 Å². The van der Waals surface area contributed by atoms with Crippen molar-refractivity contribution in [1.29, 1.82) is 0 Å². The van der Waals surface area contributed by atoms with Crippen molar-refractivity contribution < 1.29 is 0 Å². The molecule has 0 spiro atoms. The standard InChI is InChI=1S/C16H23N3S/c1-11(2)8-14-15(10-18-12(3)4)20-16(19-14)13-6-5-7-17-9-13/h5-7,9,11-12,18H,8,10H2,1-4H3. The molecule has 0 unspecified atom stereocenters. The zero-order valence-corrected chi connectivity index (χ0v) is 13.5. The zero-order valence-electron chi connectivity index (χ0n) is 12.7. The van der Waals surface area contributed by atoms with Gasteiger partial charge in [-0.1, -0.05) is 27.7 Å². The van der Waals surface area contributed by atoms with Gasteiger partial charge >= 0.3 is 0 Å². The average Bonchev–Trinajstić information content (AvgIpc) is 2.80. The Morgan fingerprint density at radius 3 is 2.65 bits per heavy atom. The lowest BCUT2D eigenvalue weighted by molar-refractivity contribution is 0.581. The molecule has 0 radical (unpaired) electrons. The van der Waals surface area contributed by atoms with Crippen LogP contribution in [-0.4, -0.2) is 16.0 Å². The number of nitrogens with zero attached hydrogens (tertiary/aromatic N) is 2. The Labute approximate surface area is 125 Å². The molecule has 0 aliphatic carbocycles. The summed E-state index contributed by atoms with van der Waals surface area (Å²) < 4.78 is 0. The third-order valence-electron chi connectivity index (χ3n) is 2.96. The lowest BCUT2D eigenvalue weighted by atomic mass is 10.1. The lowest BCUT2D eigenvalue weighted by Gasteiger charge is -2.08. The summed E-state index contributed by atoms with van der Waals surface area (Å²) in [4.78, 5) is 10.4. The van der Waals surface area contributed by atoms with Gasteiger partial charge in [-0.3, -0.25) is 4.98 Å². The van der Waals surface area contributed by atoms with E-state index in [-0.39, 0.29) is 0 Å². The first-order valence-corrected chi connectivity index (χ1v) is 8.00. The van der Waals surface area contributed by atoms with Gasteiger partial charge in [-0.05, 0) is 24.5 Å². The summed E-state index contributed by atoms with van der Waals surface area (Å²) in [5, 5.41) is 4.57. The molecular weight excluding hydrogens is 266 g/mol. The maximum atomic E-state index is 4.84. The number of pyridine rings is 1. The SMILES string of the molecule is CC(C)Cc1nc(-c2cccnc2)sc1CNC(C)C. The third-order valence-corrected chi connectivity index (χ3v) is 4.11. The van der Waals surface area contributed by atoms with E-state index in [1.165, 1.54) is 10.6 Å². The molecule has 4 heteroatoms. The summed E-state index contributed by atoms with van der Waals surface area (Å²) in [6.07, 6.45) is 4.72. The highest BCUT2D eigenvalue weighted by Gasteiger charge is 2.14. The summed E-state index contributed by atoms with van der Waals surface area (Å²) >= 11 is 1.78. The van der Waals surface area contributed by atoms with Gasteiger partial charge in [0.15, 0.2) is 0 Å². The van der Waals surface area contributed by atoms with Crippen molar-refractivity contribution in [2.75, 3.05) is 0 Å². The van der Waals surface area contributed by atoms with Gasteiger partial charge in [-0.25, -0.2) is 4.98 Å². The van der Waals surface area contributed by atoms with E-state index in [0.717, 1.165) is 23.5 Å². The molecular formula is C16H23N3S. The molecule has 0 saturated heterocycles. The second-order valence-electron chi connectivity index (χ2n) is 5.76. The summed E-state index contributed by atoms with van der Waals surface area (Å²) in [6, 6.07) is 4.53. The molecule has 1 N–H and O–H groups in total. The number of thiazole rings is 1. The lowest BCUT2D eigenvalue weighted by Crippen LogP contribution is -2.22. The van der Waals surface area contributed by atoms with Crippen molar-refractivity contribution in [1.82, 2.24) is 15.3 Å². The number of rotatable bonds is 6. The fraction of sp³-hybridized carbons (Fsp3) is 0.500. The van der Waals surface area contributed by atoms with E-state index in [1.807, 2.05) is 12.3 Å². The van der Waals surface area contributed by atoms with Crippen molar-refractivity contribution in [2.24, 2.45) is 5.92 Å². The van der Waals surface area contributed by atoms with Crippen LogP contribution in [0.5, 0.6) is 0 Å². The molecule has 0 amide bonds. The van der Waals surface area contributed by atoms with Crippen LogP contribution in [0.15, 0.2) is 24.5 Å². The van der Waals surface area contributed by atoms with Crippen molar-refractivity contribution >= 4 is 11.3 Å². The summed E-state index contributed by atoms with van der Waals surface area (Å²) in [7, 11) is 0. The van der Waals surface area contributed by atoms with Crippen molar-refractivity contribution in [3.8, 4) is 10.6 Å². The minimum Gasteiger partial charge on any atom is -0.310 e. The predicted molar refractivity (Wildman–Crippen MR) is 85.9 cm³/mol. The Hall–Kier alpha value is -1.26. The summed E-state index contributed by atoms with van der Waals surface area (Å²) in [5.41, 5.74) is 2.34. The molecule has 3 nitrogen and oxygen atoms in total. The van der Waals surface area contributed by atoms with E-state index in [1.54, 1.807) is 17.5 Å². The highest BCUT2D eigenvalue weighted by atomic mass is 32.1. The Morgan fingerprint density at radius 1 is 1.25 bits per heavy atom. The maximum absolute atomic E-state index is 4.84. The smallest absolute Gasteiger partial charge is 0.125 e. The fourth-order valence-corrected chi connectivity index (χ4v) is 3.01. The average molecular weight is 289 g/mol. The number of hydrogen-bond donors (Lipinski definition) is 1. The minimum atomic E-state index is 0.492.